The number of aromatic nitrogens is 2. The van der Waals surface area contributed by atoms with Gasteiger partial charge in [-0.1, -0.05) is 23.4 Å². The van der Waals surface area contributed by atoms with Gasteiger partial charge in [0.25, 0.3) is 5.56 Å². The predicted octanol–water partition coefficient (Wildman–Crippen LogP) is 2.71. The second-order valence-electron chi connectivity index (χ2n) is 5.74. The lowest BCUT2D eigenvalue weighted by Crippen LogP contribution is -2.19. The third-order valence-corrected chi connectivity index (χ3v) is 3.49. The maximum Gasteiger partial charge on any atom is 0.273 e. The largest absolute Gasteiger partial charge is 0.496 e. The molecular weight excluding hydrogens is 306 g/mol. The lowest BCUT2D eigenvalue weighted by molar-refractivity contribution is 0.0860. The van der Waals surface area contributed by atoms with Crippen LogP contribution in [0.1, 0.15) is 37.6 Å². The molecule has 1 heterocycles. The second kappa shape index (κ2) is 8.29. The molecule has 1 N–H and O–H groups in total. The minimum atomic E-state index is -0.273. The molecule has 2 rings (SSSR count). The Hall–Kier alpha value is -2.63. The molecule has 6 nitrogen and oxygen atoms in total. The summed E-state index contributed by atoms with van der Waals surface area (Å²) in [7, 11) is 1.66. The Kier molecular flexibility index (Phi) is 6.12. The smallest absolute Gasteiger partial charge is 0.273 e. The number of H-pyrrole nitrogens is 1. The second-order valence-corrected chi connectivity index (χ2v) is 5.74. The highest BCUT2D eigenvalue weighted by Crippen LogP contribution is 2.19. The first-order valence-electron chi connectivity index (χ1n) is 7.92. The van der Waals surface area contributed by atoms with Crippen LogP contribution in [0.4, 0.5) is 0 Å². The van der Waals surface area contributed by atoms with Crippen molar-refractivity contribution in [3.8, 4) is 5.75 Å². The van der Waals surface area contributed by atoms with Crippen LogP contribution in [0.2, 0.25) is 0 Å². The Morgan fingerprint density at radius 3 is 2.75 bits per heavy atom. The molecular formula is C18H23N3O3. The molecule has 0 aliphatic rings. The molecule has 0 bridgehead atoms. The minimum absolute atomic E-state index is 0.0362. The van der Waals surface area contributed by atoms with Crippen molar-refractivity contribution in [2.75, 3.05) is 7.11 Å². The zero-order valence-electron chi connectivity index (χ0n) is 14.5. The summed E-state index contributed by atoms with van der Waals surface area (Å²) in [6.45, 7) is 5.51. The van der Waals surface area contributed by atoms with Crippen LogP contribution in [0.15, 0.2) is 40.3 Å². The Morgan fingerprint density at radius 2 is 2.04 bits per heavy atom. The highest BCUT2D eigenvalue weighted by Gasteiger charge is 2.09. The van der Waals surface area contributed by atoms with Crippen molar-refractivity contribution in [1.29, 1.82) is 0 Å². The van der Waals surface area contributed by atoms with Gasteiger partial charge in [-0.3, -0.25) is 4.79 Å². The summed E-state index contributed by atoms with van der Waals surface area (Å²) in [4.78, 5) is 17.2. The summed E-state index contributed by atoms with van der Waals surface area (Å²) < 4.78 is 5.36. The van der Waals surface area contributed by atoms with E-state index in [4.69, 9.17) is 9.57 Å². The fourth-order valence-corrected chi connectivity index (χ4v) is 2.25. The van der Waals surface area contributed by atoms with E-state index in [1.54, 1.807) is 20.1 Å². The summed E-state index contributed by atoms with van der Waals surface area (Å²) in [5.41, 5.74) is 2.62. The molecule has 128 valence electrons. The molecule has 0 unspecified atom stereocenters. The number of oxime groups is 1. The molecule has 2 aromatic rings. The van der Waals surface area contributed by atoms with Crippen LogP contribution >= 0.6 is 0 Å². The molecule has 1 aromatic heterocycles. The van der Waals surface area contributed by atoms with Gasteiger partial charge < -0.3 is 9.57 Å². The molecule has 6 heteroatoms. The Balaban J connectivity index is 2.16. The van der Waals surface area contributed by atoms with Crippen molar-refractivity contribution < 1.29 is 9.57 Å². The number of hydrogen-bond acceptors (Lipinski definition) is 5. The van der Waals surface area contributed by atoms with Crippen molar-refractivity contribution in [2.45, 2.75) is 39.7 Å². The molecule has 24 heavy (non-hydrogen) atoms. The molecule has 1 aromatic carbocycles. The standard InChI is InChI=1S/C18H23N3O3/c1-12(2)24-21-13(3)16-11-15(19-20-18(16)22)10-9-14-7-5-6-8-17(14)23-4/h5-8,11-12H,9-10H2,1-4H3,(H,20,22)/b21-13+. The molecule has 0 amide bonds. The van der Waals surface area contributed by atoms with E-state index in [9.17, 15) is 4.79 Å². The summed E-state index contributed by atoms with van der Waals surface area (Å²) in [5, 5.41) is 10.6. The Morgan fingerprint density at radius 1 is 1.29 bits per heavy atom. The SMILES string of the molecule is COc1ccccc1CCc1cc(/C(C)=N/OC(C)C)c(=O)[nH]n1. The first-order valence-corrected chi connectivity index (χ1v) is 7.92. The van der Waals surface area contributed by atoms with Crippen molar-refractivity contribution in [2.24, 2.45) is 5.16 Å². The Bertz CT molecular complexity index is 766. The predicted molar refractivity (Wildman–Crippen MR) is 93.7 cm³/mol. The van der Waals surface area contributed by atoms with E-state index >= 15 is 0 Å². The summed E-state index contributed by atoms with van der Waals surface area (Å²) >= 11 is 0. The fraction of sp³-hybridized carbons (Fsp3) is 0.389. The fourth-order valence-electron chi connectivity index (χ4n) is 2.25. The molecule has 0 radical (unpaired) electrons. The molecule has 0 aliphatic carbocycles. The number of nitrogens with zero attached hydrogens (tertiary/aromatic N) is 2. The average molecular weight is 329 g/mol. The van der Waals surface area contributed by atoms with Gasteiger partial charge in [0.1, 0.15) is 11.9 Å². The van der Waals surface area contributed by atoms with Crippen LogP contribution in [-0.2, 0) is 17.7 Å². The third kappa shape index (κ3) is 4.68. The van der Waals surface area contributed by atoms with Crippen LogP contribution < -0.4 is 10.3 Å². The Labute approximate surface area is 141 Å². The number of hydrogen-bond donors (Lipinski definition) is 1. The van der Waals surface area contributed by atoms with Crippen LogP contribution in [-0.4, -0.2) is 29.1 Å². The van der Waals surface area contributed by atoms with Gasteiger partial charge in [-0.2, -0.15) is 5.10 Å². The minimum Gasteiger partial charge on any atom is -0.496 e. The van der Waals surface area contributed by atoms with Gasteiger partial charge in [-0.25, -0.2) is 5.10 Å². The molecule has 0 saturated carbocycles. The molecule has 0 aliphatic heterocycles. The monoisotopic (exact) mass is 329 g/mol. The summed E-state index contributed by atoms with van der Waals surface area (Å²) in [6, 6.07) is 9.63. The van der Waals surface area contributed by atoms with Crippen LogP contribution in [0.3, 0.4) is 0 Å². The number of aromatic amines is 1. The number of aryl methyl sites for hydroxylation is 2. The molecule has 0 saturated heterocycles. The van der Waals surface area contributed by atoms with E-state index in [0.29, 0.717) is 17.7 Å². The van der Waals surface area contributed by atoms with Crippen molar-refractivity contribution >= 4 is 5.71 Å². The number of para-hydroxylation sites is 1. The van der Waals surface area contributed by atoms with Gasteiger partial charge >= 0.3 is 0 Å². The number of rotatable bonds is 7. The first kappa shape index (κ1) is 17.7. The molecule has 0 fully saturated rings. The van der Waals surface area contributed by atoms with E-state index in [1.807, 2.05) is 38.1 Å². The van der Waals surface area contributed by atoms with E-state index in [0.717, 1.165) is 23.4 Å². The van der Waals surface area contributed by atoms with Gasteiger partial charge in [-0.15, -0.1) is 0 Å². The normalized spacial score (nSPS) is 11.6. The summed E-state index contributed by atoms with van der Waals surface area (Å²) in [6.07, 6.45) is 1.41. The van der Waals surface area contributed by atoms with E-state index in [1.165, 1.54) is 0 Å². The number of benzene rings is 1. The maximum atomic E-state index is 12.0. The highest BCUT2D eigenvalue weighted by atomic mass is 16.6. The lowest BCUT2D eigenvalue weighted by atomic mass is 10.1. The average Bonchev–Trinajstić information content (AvgIpc) is 2.59. The molecule has 0 spiro atoms. The van der Waals surface area contributed by atoms with Crippen molar-refractivity contribution in [3.05, 3.63) is 57.5 Å². The van der Waals surface area contributed by atoms with Gasteiger partial charge in [0.15, 0.2) is 0 Å². The zero-order chi connectivity index (χ0) is 17.5. The maximum absolute atomic E-state index is 12.0. The van der Waals surface area contributed by atoms with Crippen LogP contribution in [0, 0.1) is 0 Å². The topological polar surface area (TPSA) is 76.6 Å². The van der Waals surface area contributed by atoms with Crippen LogP contribution in [0.5, 0.6) is 5.75 Å². The van der Waals surface area contributed by atoms with E-state index < -0.39 is 0 Å². The van der Waals surface area contributed by atoms with Crippen LogP contribution in [0.25, 0.3) is 0 Å². The first-order chi connectivity index (χ1) is 11.5. The lowest BCUT2D eigenvalue weighted by Gasteiger charge is -2.08. The van der Waals surface area contributed by atoms with Gasteiger partial charge in [0.05, 0.1) is 24.1 Å². The van der Waals surface area contributed by atoms with E-state index in [2.05, 4.69) is 15.4 Å². The summed E-state index contributed by atoms with van der Waals surface area (Å²) in [5.74, 6) is 0.852. The van der Waals surface area contributed by atoms with E-state index in [-0.39, 0.29) is 11.7 Å². The van der Waals surface area contributed by atoms with Crippen molar-refractivity contribution in [1.82, 2.24) is 10.2 Å². The molecule has 0 atom stereocenters. The van der Waals surface area contributed by atoms with Gasteiger partial charge in [0, 0.05) is 0 Å². The van der Waals surface area contributed by atoms with Crippen molar-refractivity contribution in [3.63, 3.8) is 0 Å². The number of ether oxygens (including phenoxy) is 1. The highest BCUT2D eigenvalue weighted by molar-refractivity contribution is 5.97. The zero-order valence-corrected chi connectivity index (χ0v) is 14.5. The number of nitrogens with one attached hydrogen (secondary N) is 1. The van der Waals surface area contributed by atoms with Gasteiger partial charge in [-0.05, 0) is 51.3 Å². The quantitative estimate of drug-likeness (QED) is 0.626. The van der Waals surface area contributed by atoms with Gasteiger partial charge in [0.2, 0.25) is 0 Å². The number of methoxy groups -OCH3 is 1. The third-order valence-electron chi connectivity index (χ3n) is 3.49.